The van der Waals surface area contributed by atoms with Gasteiger partial charge in [-0.2, -0.15) is 0 Å². The molecule has 0 amide bonds. The monoisotopic (exact) mass is 403 g/mol. The lowest BCUT2D eigenvalue weighted by atomic mass is 10.1. The van der Waals surface area contributed by atoms with E-state index in [9.17, 15) is 4.79 Å². The number of aryl methyl sites for hydroxylation is 1. The van der Waals surface area contributed by atoms with Crippen molar-refractivity contribution in [2.45, 2.75) is 19.9 Å². The maximum absolute atomic E-state index is 12.2. The summed E-state index contributed by atoms with van der Waals surface area (Å²) in [6.07, 6.45) is 3.77. The molecule has 7 heteroatoms. The molecule has 0 aliphatic rings. The summed E-state index contributed by atoms with van der Waals surface area (Å²) in [6.45, 7) is 2.78. The van der Waals surface area contributed by atoms with Crippen LogP contribution in [0.4, 0.5) is 11.4 Å². The fourth-order valence-electron chi connectivity index (χ4n) is 2.61. The Kier molecular flexibility index (Phi) is 6.37. The molecule has 0 aliphatic heterocycles. The highest BCUT2D eigenvalue weighted by Gasteiger charge is 2.12. The molecule has 0 fully saturated rings. The number of anilines is 2. The maximum Gasteiger partial charge on any atom is 0.310 e. The Morgan fingerprint density at radius 2 is 1.89 bits per heavy atom. The third-order valence-electron chi connectivity index (χ3n) is 3.95. The molecule has 0 saturated heterocycles. The van der Waals surface area contributed by atoms with Crippen molar-refractivity contribution < 1.29 is 9.53 Å². The highest BCUT2D eigenvalue weighted by Crippen LogP contribution is 2.33. The number of imidazole rings is 1. The van der Waals surface area contributed by atoms with E-state index in [-0.39, 0.29) is 12.4 Å². The summed E-state index contributed by atoms with van der Waals surface area (Å²) in [5.41, 5.74) is 3.10. The van der Waals surface area contributed by atoms with E-state index in [1.807, 2.05) is 42.0 Å². The fraction of sp³-hybridized carbons (Fsp3) is 0.200. The molecule has 3 rings (SSSR count). The van der Waals surface area contributed by atoms with Crippen LogP contribution in [0.15, 0.2) is 55.0 Å². The van der Waals surface area contributed by atoms with Crippen molar-refractivity contribution in [3.8, 4) is 0 Å². The molecular weight excluding hydrogens is 385 g/mol. The Bertz CT molecular complexity index is 920. The number of carbonyl (C=O) groups excluding carboxylic acids is 1. The van der Waals surface area contributed by atoms with E-state index in [0.29, 0.717) is 28.9 Å². The van der Waals surface area contributed by atoms with Crippen LogP contribution in [-0.2, 0) is 22.5 Å². The first-order valence-corrected chi connectivity index (χ1v) is 9.21. The predicted octanol–water partition coefficient (Wildman–Crippen LogP) is 5.03. The summed E-state index contributed by atoms with van der Waals surface area (Å²) in [6, 6.07) is 12.8. The summed E-state index contributed by atoms with van der Waals surface area (Å²) in [4.78, 5) is 16.4. The van der Waals surface area contributed by atoms with Crippen molar-refractivity contribution in [3.05, 3.63) is 76.3 Å². The zero-order chi connectivity index (χ0) is 19.2. The molecular formula is C20H19Cl2N3O2. The van der Waals surface area contributed by atoms with Gasteiger partial charge in [-0.1, -0.05) is 47.5 Å². The van der Waals surface area contributed by atoms with Gasteiger partial charge in [-0.15, -0.1) is 0 Å². The first-order valence-electron chi connectivity index (χ1n) is 8.46. The van der Waals surface area contributed by atoms with Gasteiger partial charge in [-0.25, -0.2) is 4.98 Å². The molecule has 27 heavy (non-hydrogen) atoms. The highest BCUT2D eigenvalue weighted by molar-refractivity contribution is 6.39. The molecule has 5 nitrogen and oxygen atoms in total. The summed E-state index contributed by atoms with van der Waals surface area (Å²) < 4.78 is 7.23. The molecule has 0 atom stereocenters. The SMILES string of the molecule is Cc1cn(CCOC(=O)Cc2ccccc2Nc2c(Cl)cccc2Cl)cn1. The van der Waals surface area contributed by atoms with Crippen LogP contribution >= 0.6 is 23.2 Å². The number of nitrogens with one attached hydrogen (secondary N) is 1. The summed E-state index contributed by atoms with van der Waals surface area (Å²) in [7, 11) is 0. The largest absolute Gasteiger partial charge is 0.464 e. The number of esters is 1. The van der Waals surface area contributed by atoms with Gasteiger partial charge in [-0.3, -0.25) is 4.79 Å². The number of ether oxygens (including phenoxy) is 1. The summed E-state index contributed by atoms with van der Waals surface area (Å²) in [5, 5.41) is 4.23. The second kappa shape index (κ2) is 8.93. The lowest BCUT2D eigenvalue weighted by Gasteiger charge is -2.14. The average Bonchev–Trinajstić information content (AvgIpc) is 3.05. The van der Waals surface area contributed by atoms with Crippen molar-refractivity contribution in [2.75, 3.05) is 11.9 Å². The minimum atomic E-state index is -0.300. The minimum absolute atomic E-state index is 0.147. The van der Waals surface area contributed by atoms with Gasteiger partial charge in [0.1, 0.15) is 6.61 Å². The normalized spacial score (nSPS) is 10.6. The van der Waals surface area contributed by atoms with E-state index in [1.165, 1.54) is 0 Å². The number of hydrogen-bond donors (Lipinski definition) is 1. The van der Waals surface area contributed by atoms with Gasteiger partial charge in [0.2, 0.25) is 0 Å². The second-order valence-electron chi connectivity index (χ2n) is 6.03. The Morgan fingerprint density at radius 1 is 1.15 bits per heavy atom. The minimum Gasteiger partial charge on any atom is -0.464 e. The Morgan fingerprint density at radius 3 is 2.59 bits per heavy atom. The molecule has 1 heterocycles. The molecule has 0 unspecified atom stereocenters. The van der Waals surface area contributed by atoms with Gasteiger partial charge in [0.05, 0.1) is 40.7 Å². The quantitative estimate of drug-likeness (QED) is 0.562. The predicted molar refractivity (Wildman–Crippen MR) is 108 cm³/mol. The fourth-order valence-corrected chi connectivity index (χ4v) is 3.11. The van der Waals surface area contributed by atoms with Crippen LogP contribution in [0.25, 0.3) is 0 Å². The molecule has 1 N–H and O–H groups in total. The van der Waals surface area contributed by atoms with E-state index in [1.54, 1.807) is 24.5 Å². The second-order valence-corrected chi connectivity index (χ2v) is 6.84. The van der Waals surface area contributed by atoms with Crippen molar-refractivity contribution in [1.82, 2.24) is 9.55 Å². The number of para-hydroxylation sites is 2. The van der Waals surface area contributed by atoms with Crippen molar-refractivity contribution in [3.63, 3.8) is 0 Å². The van der Waals surface area contributed by atoms with Gasteiger partial charge >= 0.3 is 5.97 Å². The molecule has 140 valence electrons. The topological polar surface area (TPSA) is 56.1 Å². The number of halogens is 2. The molecule has 0 spiro atoms. The Labute approximate surface area is 167 Å². The van der Waals surface area contributed by atoms with Gasteiger partial charge in [0, 0.05) is 11.9 Å². The van der Waals surface area contributed by atoms with Gasteiger partial charge in [0.25, 0.3) is 0 Å². The zero-order valence-corrected chi connectivity index (χ0v) is 16.3. The molecule has 2 aromatic carbocycles. The number of aromatic nitrogens is 2. The van der Waals surface area contributed by atoms with Gasteiger partial charge in [-0.05, 0) is 30.7 Å². The summed E-state index contributed by atoms with van der Waals surface area (Å²) in [5.74, 6) is -0.300. The number of carbonyl (C=O) groups is 1. The Balaban J connectivity index is 1.62. The van der Waals surface area contributed by atoms with Crippen molar-refractivity contribution in [1.29, 1.82) is 0 Å². The molecule has 0 aliphatic carbocycles. The average molecular weight is 404 g/mol. The smallest absolute Gasteiger partial charge is 0.310 e. The zero-order valence-electron chi connectivity index (χ0n) is 14.8. The number of rotatable bonds is 7. The van der Waals surface area contributed by atoms with Crippen LogP contribution < -0.4 is 5.32 Å². The van der Waals surface area contributed by atoms with Crippen LogP contribution in [0, 0.1) is 6.92 Å². The van der Waals surface area contributed by atoms with Crippen LogP contribution in [0.3, 0.4) is 0 Å². The Hall–Kier alpha value is -2.50. The third-order valence-corrected chi connectivity index (χ3v) is 4.58. The molecule has 1 aromatic heterocycles. The van der Waals surface area contributed by atoms with E-state index >= 15 is 0 Å². The number of benzene rings is 2. The lowest BCUT2D eigenvalue weighted by molar-refractivity contribution is -0.143. The van der Waals surface area contributed by atoms with Crippen LogP contribution in [-0.4, -0.2) is 22.1 Å². The number of nitrogens with zero attached hydrogens (tertiary/aromatic N) is 2. The lowest BCUT2D eigenvalue weighted by Crippen LogP contribution is -2.13. The van der Waals surface area contributed by atoms with E-state index < -0.39 is 0 Å². The van der Waals surface area contributed by atoms with Crippen LogP contribution in [0.5, 0.6) is 0 Å². The van der Waals surface area contributed by atoms with Gasteiger partial charge < -0.3 is 14.6 Å². The third kappa shape index (κ3) is 5.25. The molecule has 3 aromatic rings. The first-order chi connectivity index (χ1) is 13.0. The van der Waals surface area contributed by atoms with E-state index in [0.717, 1.165) is 16.9 Å². The van der Waals surface area contributed by atoms with E-state index in [4.69, 9.17) is 27.9 Å². The van der Waals surface area contributed by atoms with Crippen LogP contribution in [0.1, 0.15) is 11.3 Å². The molecule has 0 saturated carbocycles. The molecule has 0 bridgehead atoms. The van der Waals surface area contributed by atoms with Crippen LogP contribution in [0.2, 0.25) is 10.0 Å². The summed E-state index contributed by atoms with van der Waals surface area (Å²) >= 11 is 12.4. The van der Waals surface area contributed by atoms with Gasteiger partial charge in [0.15, 0.2) is 0 Å². The standard InChI is InChI=1S/C20H19Cl2N3O2/c1-14-12-25(13-23-14)9-10-27-19(26)11-15-5-2-3-8-18(15)24-20-16(21)6-4-7-17(20)22/h2-8,12-13,24H,9-11H2,1H3. The van der Waals surface area contributed by atoms with E-state index in [2.05, 4.69) is 10.3 Å². The first kappa shape index (κ1) is 19.3. The van der Waals surface area contributed by atoms with Crippen molar-refractivity contribution in [2.24, 2.45) is 0 Å². The molecule has 0 radical (unpaired) electrons. The maximum atomic E-state index is 12.2. The highest BCUT2D eigenvalue weighted by atomic mass is 35.5. The number of hydrogen-bond acceptors (Lipinski definition) is 4. The van der Waals surface area contributed by atoms with Crippen molar-refractivity contribution >= 4 is 40.5 Å².